The Morgan fingerprint density at radius 1 is 1.24 bits per heavy atom. The molecule has 9 rings (SSSR count). The van der Waals surface area contributed by atoms with Gasteiger partial charge in [-0.05, 0) is 76.6 Å². The van der Waals surface area contributed by atoms with Crippen LogP contribution in [0.1, 0.15) is 62.9 Å². The average Bonchev–Trinajstić information content (AvgIpc) is 4.01. The first-order chi connectivity index (χ1) is 26.5. The quantitative estimate of drug-likeness (QED) is 0.178. The number of hydrogen-bond donors (Lipinski definition) is 1. The van der Waals surface area contributed by atoms with Gasteiger partial charge in [-0.1, -0.05) is 17.7 Å². The van der Waals surface area contributed by atoms with Gasteiger partial charge in [-0.3, -0.25) is 9.47 Å². The smallest absolute Gasteiger partial charge is 0.329 e. The number of nitrogens with zero attached hydrogens (tertiary/aromatic N) is 8. The second-order valence-corrected chi connectivity index (χ2v) is 16.6. The number of aromatic nitrogens is 4. The number of likely N-dealkylation sites (tertiary alicyclic amines) is 1. The summed E-state index contributed by atoms with van der Waals surface area (Å²) < 4.78 is 55.2. The maximum absolute atomic E-state index is 17.3. The minimum atomic E-state index is -0.968. The lowest BCUT2D eigenvalue weighted by Gasteiger charge is -2.35. The highest BCUT2D eigenvalue weighted by molar-refractivity contribution is 7.23. The monoisotopic (exact) mass is 789 g/mol. The molecule has 1 amide bonds. The largest absolute Gasteiger partial charge is 0.461 e. The lowest BCUT2D eigenvalue weighted by molar-refractivity contribution is 0.107. The lowest BCUT2D eigenvalue weighted by Crippen LogP contribution is -2.47. The zero-order valence-electron chi connectivity index (χ0n) is 30.4. The first-order valence-electron chi connectivity index (χ1n) is 18.8. The van der Waals surface area contributed by atoms with E-state index >= 15 is 8.78 Å². The fourth-order valence-electron chi connectivity index (χ4n) is 9.61. The number of nitrogens with two attached hydrogens (primary N) is 1. The van der Waals surface area contributed by atoms with Crippen LogP contribution in [0.25, 0.3) is 32.1 Å². The van der Waals surface area contributed by atoms with Crippen LogP contribution in [0.15, 0.2) is 24.5 Å². The van der Waals surface area contributed by atoms with Crippen molar-refractivity contribution in [1.29, 1.82) is 5.26 Å². The van der Waals surface area contributed by atoms with E-state index in [1.54, 1.807) is 17.0 Å². The lowest BCUT2D eigenvalue weighted by atomic mass is 9.95. The zero-order valence-corrected chi connectivity index (χ0v) is 32.0. The van der Waals surface area contributed by atoms with Crippen LogP contribution in [0.4, 0.5) is 28.8 Å². The first kappa shape index (κ1) is 36.0. The summed E-state index contributed by atoms with van der Waals surface area (Å²) >= 11 is 7.88. The molecule has 0 unspecified atom stereocenters. The third kappa shape index (κ3) is 5.62. The summed E-state index contributed by atoms with van der Waals surface area (Å²) in [6, 6.07) is 5.55. The Kier molecular flexibility index (Phi) is 8.86. The number of likely N-dealkylation sites (N-methyl/N-ethyl adjacent to an activating group) is 1. The second kappa shape index (κ2) is 13.5. The van der Waals surface area contributed by atoms with Crippen LogP contribution >= 0.6 is 22.9 Å². The number of imidazole rings is 1. The summed E-state index contributed by atoms with van der Waals surface area (Å²) in [5.74, 6) is -1.02. The van der Waals surface area contributed by atoms with Crippen molar-refractivity contribution >= 4 is 60.8 Å². The molecule has 2 N–H and O–H groups in total. The average molecular weight is 790 g/mol. The molecule has 4 aliphatic rings. The Balaban J connectivity index is 1.16. The molecular weight excluding hydrogens is 751 g/mol. The number of anilines is 2. The standard InChI is InChI=1S/C39H39ClF3N9O2S/c1-3-50(28-10-13-51(20(28)2)38(53)52-19-46-27-6-4-7-29(27)52)36-23-14-25(40)31(22-8-9-26(42)34-30(22)24(16-44)35(45)55-34)32(43)33(23)47-37(48-36)54-18-39-11-5-12-49(39)17-21(41)15-39/h8-9,14,19-21,28H,3-7,10-13,15,17-18,45H2,1-2H3/t20-,21-,28-,39+/m1/s1. The van der Waals surface area contributed by atoms with Crippen molar-refractivity contribution in [1.82, 2.24) is 29.3 Å². The van der Waals surface area contributed by atoms with Crippen LogP contribution in [0.5, 0.6) is 6.01 Å². The zero-order chi connectivity index (χ0) is 38.3. The number of nitrogen functional groups attached to an aromatic ring is 1. The fraction of sp³-hybridized carbons (Fsp3) is 0.462. The number of fused-ring (bicyclic) bond motifs is 4. The van der Waals surface area contributed by atoms with Crippen LogP contribution in [0.2, 0.25) is 5.02 Å². The molecule has 11 nitrogen and oxygen atoms in total. The maximum atomic E-state index is 17.3. The van der Waals surface area contributed by atoms with Crippen LogP contribution < -0.4 is 15.4 Å². The van der Waals surface area contributed by atoms with Crippen LogP contribution in [-0.2, 0) is 12.8 Å². The van der Waals surface area contributed by atoms with Crippen LogP contribution in [-0.4, -0.2) is 91.9 Å². The molecular formula is C39H39ClF3N9O2S. The highest BCUT2D eigenvalue weighted by Gasteiger charge is 2.49. The highest BCUT2D eigenvalue weighted by Crippen LogP contribution is 2.47. The molecule has 5 aromatic rings. The third-order valence-corrected chi connectivity index (χ3v) is 13.6. The van der Waals surface area contributed by atoms with Gasteiger partial charge in [-0.2, -0.15) is 15.2 Å². The molecule has 16 heteroatoms. The molecule has 286 valence electrons. The van der Waals surface area contributed by atoms with Gasteiger partial charge in [0.25, 0.3) is 0 Å². The number of benzene rings is 2. The molecule has 0 saturated carbocycles. The van der Waals surface area contributed by atoms with Gasteiger partial charge >= 0.3 is 12.0 Å². The van der Waals surface area contributed by atoms with Gasteiger partial charge in [-0.15, -0.1) is 11.3 Å². The van der Waals surface area contributed by atoms with Crippen LogP contribution in [0, 0.1) is 23.0 Å². The number of carbonyl (C=O) groups excluding carboxylic acids is 1. The first-order valence-corrected chi connectivity index (χ1v) is 20.0. The minimum absolute atomic E-state index is 0.00630. The summed E-state index contributed by atoms with van der Waals surface area (Å²) in [6.07, 6.45) is 5.93. The summed E-state index contributed by atoms with van der Waals surface area (Å²) in [4.78, 5) is 34.0. The SMILES string of the molecule is CCN(c1nc(OC[C@@]23CCCN2C[C@H](F)C3)nc2c(F)c(-c3ccc(F)c4sc(N)c(C#N)c34)c(Cl)cc12)[C@@H]1CCN(C(=O)n2cnc3c2CCC3)[C@@H]1C. The normalized spacial score (nSPS) is 23.5. The third-order valence-electron chi connectivity index (χ3n) is 12.2. The number of alkyl halides is 1. The number of thiophene rings is 1. The molecule has 0 spiro atoms. The number of carbonyl (C=O) groups is 1. The van der Waals surface area contributed by atoms with E-state index in [0.29, 0.717) is 43.7 Å². The number of halogens is 4. The molecule has 6 heterocycles. The summed E-state index contributed by atoms with van der Waals surface area (Å²) in [5, 5.41) is 10.6. The molecule has 3 aromatic heterocycles. The Labute approximate surface area is 324 Å². The van der Waals surface area contributed by atoms with Gasteiger partial charge in [0.2, 0.25) is 0 Å². The minimum Gasteiger partial charge on any atom is -0.461 e. The van der Waals surface area contributed by atoms with E-state index in [-0.39, 0.29) is 73.0 Å². The molecule has 2 aromatic carbocycles. The summed E-state index contributed by atoms with van der Waals surface area (Å²) in [6.45, 7) is 6.15. The summed E-state index contributed by atoms with van der Waals surface area (Å²) in [5.41, 5.74) is 7.63. The molecule has 0 bridgehead atoms. The van der Waals surface area contributed by atoms with Crippen molar-refractivity contribution < 1.29 is 22.7 Å². The van der Waals surface area contributed by atoms with E-state index in [2.05, 4.69) is 14.9 Å². The van der Waals surface area contributed by atoms with Crippen molar-refractivity contribution in [3.05, 3.63) is 58.1 Å². The van der Waals surface area contributed by atoms with Gasteiger partial charge in [0.15, 0.2) is 5.82 Å². The molecule has 1 aliphatic carbocycles. The van der Waals surface area contributed by atoms with Crippen molar-refractivity contribution in [2.24, 2.45) is 0 Å². The molecule has 3 aliphatic heterocycles. The Bertz CT molecular complexity index is 2430. The van der Waals surface area contributed by atoms with E-state index in [9.17, 15) is 14.4 Å². The van der Waals surface area contributed by atoms with Crippen molar-refractivity contribution in [3.8, 4) is 23.2 Å². The predicted octanol–water partition coefficient (Wildman–Crippen LogP) is 7.49. The van der Waals surface area contributed by atoms with Gasteiger partial charge in [0, 0.05) is 42.4 Å². The van der Waals surface area contributed by atoms with E-state index in [1.165, 1.54) is 12.1 Å². The molecule has 55 heavy (non-hydrogen) atoms. The number of aryl methyl sites for hydroxylation is 1. The van der Waals surface area contributed by atoms with E-state index in [4.69, 9.17) is 27.1 Å². The van der Waals surface area contributed by atoms with Gasteiger partial charge < -0.3 is 20.3 Å². The number of rotatable bonds is 7. The van der Waals surface area contributed by atoms with Crippen LogP contribution in [0.3, 0.4) is 0 Å². The van der Waals surface area contributed by atoms with E-state index in [0.717, 1.165) is 61.4 Å². The fourth-order valence-corrected chi connectivity index (χ4v) is 10.9. The molecule has 4 atom stereocenters. The van der Waals surface area contributed by atoms with Crippen molar-refractivity contribution in [2.45, 2.75) is 82.6 Å². The molecule has 3 fully saturated rings. The summed E-state index contributed by atoms with van der Waals surface area (Å²) in [7, 11) is 0. The van der Waals surface area contributed by atoms with Crippen molar-refractivity contribution in [2.75, 3.05) is 43.4 Å². The Hall–Kier alpha value is -4.65. The Morgan fingerprint density at radius 3 is 2.87 bits per heavy atom. The topological polar surface area (TPSA) is 129 Å². The number of ether oxygens (including phenoxy) is 1. The van der Waals surface area contributed by atoms with Gasteiger partial charge in [-0.25, -0.2) is 22.9 Å². The van der Waals surface area contributed by atoms with E-state index < -0.39 is 23.3 Å². The van der Waals surface area contributed by atoms with Gasteiger partial charge in [0.1, 0.15) is 47.3 Å². The number of hydrogen-bond acceptors (Lipinski definition) is 10. The highest BCUT2D eigenvalue weighted by atomic mass is 35.5. The molecule has 0 radical (unpaired) electrons. The second-order valence-electron chi connectivity index (χ2n) is 15.1. The Morgan fingerprint density at radius 2 is 2.07 bits per heavy atom. The molecule has 3 saturated heterocycles. The van der Waals surface area contributed by atoms with Gasteiger partial charge in [0.05, 0.1) is 44.3 Å². The maximum Gasteiger partial charge on any atom is 0.329 e. The number of amides is 1. The number of nitriles is 1. The van der Waals surface area contributed by atoms with Crippen molar-refractivity contribution in [3.63, 3.8) is 0 Å². The predicted molar refractivity (Wildman–Crippen MR) is 206 cm³/mol. The van der Waals surface area contributed by atoms with E-state index in [1.807, 2.05) is 29.7 Å².